The number of rotatable bonds is 2. The molecule has 0 spiro atoms. The molecule has 0 saturated carbocycles. The number of nitrogens with zero attached hydrogens (tertiary/aromatic N) is 2. The molecule has 0 atom stereocenters. The summed E-state index contributed by atoms with van der Waals surface area (Å²) in [6, 6.07) is 2.27. The summed E-state index contributed by atoms with van der Waals surface area (Å²) in [6.07, 6.45) is 0.981. The lowest BCUT2D eigenvalue weighted by molar-refractivity contribution is 0.122. The van der Waals surface area contributed by atoms with Crippen LogP contribution in [0.15, 0.2) is 17.3 Å². The van der Waals surface area contributed by atoms with E-state index in [0.717, 1.165) is 18.3 Å². The van der Waals surface area contributed by atoms with Crippen molar-refractivity contribution in [3.8, 4) is 0 Å². The maximum Gasteiger partial charge on any atom is 0.150 e. The Bertz CT molecular complexity index is 408. The largest absolute Gasteiger partial charge is 0.411 e. The highest BCUT2D eigenvalue weighted by Crippen LogP contribution is 2.25. The van der Waals surface area contributed by atoms with E-state index in [9.17, 15) is 8.78 Å². The molecule has 1 aliphatic heterocycles. The number of oxime groups is 1. The zero-order valence-electron chi connectivity index (χ0n) is 9.07. The number of morpholine rings is 1. The van der Waals surface area contributed by atoms with Gasteiger partial charge in [-0.25, -0.2) is 8.78 Å². The molecule has 1 aliphatic rings. The van der Waals surface area contributed by atoms with E-state index in [1.165, 1.54) is 0 Å². The van der Waals surface area contributed by atoms with Gasteiger partial charge in [-0.05, 0) is 12.1 Å². The highest BCUT2D eigenvalue weighted by Gasteiger charge is 2.19. The molecular formula is C11H12F2N2O2. The molecule has 0 bridgehead atoms. The summed E-state index contributed by atoms with van der Waals surface area (Å²) in [5, 5.41) is 11.1. The van der Waals surface area contributed by atoms with Gasteiger partial charge in [-0.2, -0.15) is 0 Å². The van der Waals surface area contributed by atoms with Crippen molar-refractivity contribution in [2.45, 2.75) is 0 Å². The second-order valence-electron chi connectivity index (χ2n) is 3.68. The van der Waals surface area contributed by atoms with Crippen molar-refractivity contribution < 1.29 is 18.7 Å². The van der Waals surface area contributed by atoms with Crippen LogP contribution < -0.4 is 4.90 Å². The van der Waals surface area contributed by atoms with Crippen LogP contribution in [-0.4, -0.2) is 37.7 Å². The minimum atomic E-state index is -0.665. The first-order valence-electron chi connectivity index (χ1n) is 5.21. The number of ether oxygens (including phenoxy) is 1. The second kappa shape index (κ2) is 5.09. The number of anilines is 1. The minimum absolute atomic E-state index is 0.0524. The predicted octanol–water partition coefficient (Wildman–Crippen LogP) is 1.61. The van der Waals surface area contributed by atoms with Gasteiger partial charge in [0, 0.05) is 18.7 Å². The molecule has 1 aromatic rings. The van der Waals surface area contributed by atoms with Crippen molar-refractivity contribution in [2.24, 2.45) is 5.16 Å². The van der Waals surface area contributed by atoms with Crippen molar-refractivity contribution in [3.63, 3.8) is 0 Å². The third-order valence-electron chi connectivity index (χ3n) is 2.57. The van der Waals surface area contributed by atoms with Crippen LogP contribution in [0.5, 0.6) is 0 Å². The Labute approximate surface area is 97.1 Å². The summed E-state index contributed by atoms with van der Waals surface area (Å²) in [5.74, 6) is -1.33. The molecule has 0 aromatic heterocycles. The standard InChI is InChI=1S/C11H12F2N2O2/c12-9-5-8(7-14-16)6-10(13)11(9)15-1-3-17-4-2-15/h5-7,16H,1-4H2/b14-7+. The van der Waals surface area contributed by atoms with E-state index >= 15 is 0 Å². The van der Waals surface area contributed by atoms with Gasteiger partial charge in [-0.1, -0.05) is 5.16 Å². The second-order valence-corrected chi connectivity index (χ2v) is 3.68. The molecule has 0 radical (unpaired) electrons. The smallest absolute Gasteiger partial charge is 0.150 e. The van der Waals surface area contributed by atoms with Crippen molar-refractivity contribution in [3.05, 3.63) is 29.3 Å². The molecule has 92 valence electrons. The molecule has 17 heavy (non-hydrogen) atoms. The van der Waals surface area contributed by atoms with Crippen LogP contribution in [-0.2, 0) is 4.74 Å². The van der Waals surface area contributed by atoms with Gasteiger partial charge in [0.1, 0.15) is 17.3 Å². The van der Waals surface area contributed by atoms with E-state index in [-0.39, 0.29) is 11.3 Å². The van der Waals surface area contributed by atoms with Gasteiger partial charge >= 0.3 is 0 Å². The predicted molar refractivity (Wildman–Crippen MR) is 58.8 cm³/mol. The molecule has 1 N–H and O–H groups in total. The van der Waals surface area contributed by atoms with Crippen molar-refractivity contribution in [2.75, 3.05) is 31.2 Å². The van der Waals surface area contributed by atoms with Crippen molar-refractivity contribution in [1.82, 2.24) is 0 Å². The molecule has 0 amide bonds. The van der Waals surface area contributed by atoms with Crippen LogP contribution >= 0.6 is 0 Å². The first-order chi connectivity index (χ1) is 8.22. The lowest BCUT2D eigenvalue weighted by Crippen LogP contribution is -2.37. The van der Waals surface area contributed by atoms with E-state index in [1.54, 1.807) is 4.90 Å². The molecule has 1 aromatic carbocycles. The summed E-state index contributed by atoms with van der Waals surface area (Å²) in [4.78, 5) is 1.61. The van der Waals surface area contributed by atoms with E-state index in [4.69, 9.17) is 9.94 Å². The van der Waals surface area contributed by atoms with Crippen LogP contribution in [0, 0.1) is 11.6 Å². The molecule has 6 heteroatoms. The Morgan fingerprint density at radius 1 is 1.24 bits per heavy atom. The first-order valence-corrected chi connectivity index (χ1v) is 5.21. The highest BCUT2D eigenvalue weighted by molar-refractivity contribution is 5.80. The number of hydrogen-bond donors (Lipinski definition) is 1. The molecular weight excluding hydrogens is 230 g/mol. The van der Waals surface area contributed by atoms with Crippen LogP contribution in [0.4, 0.5) is 14.5 Å². The summed E-state index contributed by atoms with van der Waals surface area (Å²) < 4.78 is 32.6. The average molecular weight is 242 g/mol. The normalized spacial score (nSPS) is 16.7. The topological polar surface area (TPSA) is 45.1 Å². The maximum absolute atomic E-state index is 13.8. The maximum atomic E-state index is 13.8. The van der Waals surface area contributed by atoms with Gasteiger partial charge in [-0.15, -0.1) is 0 Å². The van der Waals surface area contributed by atoms with Gasteiger partial charge in [-0.3, -0.25) is 0 Å². The molecule has 4 nitrogen and oxygen atoms in total. The van der Waals surface area contributed by atoms with E-state index < -0.39 is 11.6 Å². The lowest BCUT2D eigenvalue weighted by Gasteiger charge is -2.29. The quantitative estimate of drug-likeness (QED) is 0.487. The SMILES string of the molecule is O/N=C/c1cc(F)c(N2CCOCC2)c(F)c1. The average Bonchev–Trinajstić information content (AvgIpc) is 2.30. The fourth-order valence-electron chi connectivity index (χ4n) is 1.82. The molecule has 1 heterocycles. The summed E-state index contributed by atoms with van der Waals surface area (Å²) in [6.45, 7) is 1.83. The first kappa shape index (κ1) is 11.8. The lowest BCUT2D eigenvalue weighted by atomic mass is 10.1. The molecule has 1 fully saturated rings. The van der Waals surface area contributed by atoms with Crippen LogP contribution in [0.2, 0.25) is 0 Å². The van der Waals surface area contributed by atoms with Crippen LogP contribution in [0.1, 0.15) is 5.56 Å². The van der Waals surface area contributed by atoms with Gasteiger partial charge in [0.05, 0.1) is 19.4 Å². The third-order valence-corrected chi connectivity index (χ3v) is 2.57. The Balaban J connectivity index is 2.33. The van der Waals surface area contributed by atoms with Crippen LogP contribution in [0.25, 0.3) is 0 Å². The Morgan fingerprint density at radius 3 is 2.35 bits per heavy atom. The Kier molecular flexibility index (Phi) is 3.53. The van der Waals surface area contributed by atoms with E-state index in [2.05, 4.69) is 5.16 Å². The highest BCUT2D eigenvalue weighted by atomic mass is 19.1. The third kappa shape index (κ3) is 2.52. The summed E-state index contributed by atoms with van der Waals surface area (Å²) >= 11 is 0. The zero-order valence-corrected chi connectivity index (χ0v) is 9.07. The van der Waals surface area contributed by atoms with Crippen molar-refractivity contribution >= 4 is 11.9 Å². The number of hydrogen-bond acceptors (Lipinski definition) is 4. The van der Waals surface area contributed by atoms with Gasteiger partial charge in [0.25, 0.3) is 0 Å². The summed E-state index contributed by atoms with van der Waals surface area (Å²) in [7, 11) is 0. The molecule has 0 aliphatic carbocycles. The summed E-state index contributed by atoms with van der Waals surface area (Å²) in [5.41, 5.74) is 0.128. The number of halogens is 2. The monoisotopic (exact) mass is 242 g/mol. The van der Waals surface area contributed by atoms with E-state index in [0.29, 0.717) is 26.3 Å². The van der Waals surface area contributed by atoms with Gasteiger partial charge in [0.15, 0.2) is 0 Å². The van der Waals surface area contributed by atoms with Crippen LogP contribution in [0.3, 0.4) is 0 Å². The molecule has 1 saturated heterocycles. The minimum Gasteiger partial charge on any atom is -0.411 e. The van der Waals surface area contributed by atoms with Gasteiger partial charge in [0.2, 0.25) is 0 Å². The fourth-order valence-corrected chi connectivity index (χ4v) is 1.82. The Morgan fingerprint density at radius 2 is 1.82 bits per heavy atom. The molecule has 0 unspecified atom stereocenters. The van der Waals surface area contributed by atoms with E-state index in [1.807, 2.05) is 0 Å². The number of benzene rings is 1. The Hall–Kier alpha value is -1.69. The molecule has 2 rings (SSSR count). The van der Waals surface area contributed by atoms with Gasteiger partial charge < -0.3 is 14.8 Å². The zero-order chi connectivity index (χ0) is 12.3. The fraction of sp³-hybridized carbons (Fsp3) is 0.364. The van der Waals surface area contributed by atoms with Crippen molar-refractivity contribution in [1.29, 1.82) is 0 Å².